The molecule has 1 spiro atoms. The lowest BCUT2D eigenvalue weighted by Crippen LogP contribution is -2.44. The van der Waals surface area contributed by atoms with Crippen molar-refractivity contribution in [1.29, 1.82) is 0 Å². The Balaban J connectivity index is 1.45. The molecule has 28 heavy (non-hydrogen) atoms. The summed E-state index contributed by atoms with van der Waals surface area (Å²) in [6.07, 6.45) is -1.35. The molecular formula is C18H20F3N3O4. The van der Waals surface area contributed by atoms with E-state index in [1.54, 1.807) is 0 Å². The zero-order valence-electron chi connectivity index (χ0n) is 15.0. The molecule has 1 heterocycles. The van der Waals surface area contributed by atoms with Gasteiger partial charge >= 0.3 is 12.4 Å². The first-order valence-electron chi connectivity index (χ1n) is 8.98. The third kappa shape index (κ3) is 4.55. The Hall–Kier alpha value is -2.78. The summed E-state index contributed by atoms with van der Waals surface area (Å²) in [7, 11) is 0. The molecule has 0 radical (unpaired) electrons. The van der Waals surface area contributed by atoms with Gasteiger partial charge in [-0.2, -0.15) is 0 Å². The summed E-state index contributed by atoms with van der Waals surface area (Å²) in [5.41, 5.74) is -0.445. The molecule has 4 amide bonds. The fourth-order valence-electron chi connectivity index (χ4n) is 3.56. The zero-order chi connectivity index (χ0) is 20.4. The lowest BCUT2D eigenvalue weighted by atomic mass is 9.98. The van der Waals surface area contributed by atoms with E-state index in [-0.39, 0.29) is 37.0 Å². The quantitative estimate of drug-likeness (QED) is 0.720. The van der Waals surface area contributed by atoms with Crippen LogP contribution in [0.3, 0.4) is 0 Å². The Kier molecular flexibility index (Phi) is 5.48. The number of carbonyl (C=O) groups excluding carboxylic acids is 3. The summed E-state index contributed by atoms with van der Waals surface area (Å²) >= 11 is 0. The molecule has 0 atom stereocenters. The van der Waals surface area contributed by atoms with Crippen LogP contribution in [-0.4, -0.2) is 41.2 Å². The van der Waals surface area contributed by atoms with Crippen molar-refractivity contribution < 1.29 is 32.3 Å². The molecule has 1 aliphatic heterocycles. The van der Waals surface area contributed by atoms with E-state index >= 15 is 0 Å². The molecule has 152 valence electrons. The van der Waals surface area contributed by atoms with E-state index < -0.39 is 17.9 Å². The minimum Gasteiger partial charge on any atom is -0.406 e. The number of imide groups is 1. The summed E-state index contributed by atoms with van der Waals surface area (Å²) in [6, 6.07) is 4.35. The largest absolute Gasteiger partial charge is 0.573 e. The Bertz CT molecular complexity index is 758. The number of hydrogen-bond acceptors (Lipinski definition) is 4. The number of nitrogens with one attached hydrogen (secondary N) is 2. The summed E-state index contributed by atoms with van der Waals surface area (Å²) in [4.78, 5) is 37.7. The summed E-state index contributed by atoms with van der Waals surface area (Å²) in [6.45, 7) is 0.137. The van der Waals surface area contributed by atoms with Gasteiger partial charge in [0.2, 0.25) is 5.91 Å². The summed E-state index contributed by atoms with van der Waals surface area (Å²) < 4.78 is 40.1. The maximum atomic E-state index is 12.5. The minimum absolute atomic E-state index is 0.0604. The molecule has 0 aromatic heterocycles. The smallest absolute Gasteiger partial charge is 0.406 e. The number of hydrogen-bond donors (Lipinski definition) is 2. The van der Waals surface area contributed by atoms with Crippen molar-refractivity contribution in [2.75, 3.05) is 11.9 Å². The van der Waals surface area contributed by atoms with Crippen molar-refractivity contribution in [3.63, 3.8) is 0 Å². The molecule has 0 bridgehead atoms. The molecule has 2 fully saturated rings. The standard InChI is InChI=1S/C18H20F3N3O4/c19-18(20,21)28-13-7-5-12(6-8-13)22-14(25)4-3-11-24-15(26)17(23-16(24)27)9-1-2-10-17/h5-8H,1-4,9-11H2,(H,22,25)(H,23,27). The first-order chi connectivity index (χ1) is 13.2. The molecule has 0 unspecified atom stereocenters. The highest BCUT2D eigenvalue weighted by Gasteiger charge is 2.52. The number of anilines is 1. The van der Waals surface area contributed by atoms with E-state index in [9.17, 15) is 27.6 Å². The van der Waals surface area contributed by atoms with Crippen LogP contribution in [0, 0.1) is 0 Å². The molecule has 1 saturated carbocycles. The highest BCUT2D eigenvalue weighted by Crippen LogP contribution is 2.35. The third-order valence-corrected chi connectivity index (χ3v) is 4.86. The van der Waals surface area contributed by atoms with Crippen LogP contribution in [0.15, 0.2) is 24.3 Å². The Morgan fingerprint density at radius 2 is 1.82 bits per heavy atom. The highest BCUT2D eigenvalue weighted by atomic mass is 19.4. The van der Waals surface area contributed by atoms with E-state index in [0.717, 1.165) is 29.9 Å². The number of nitrogens with zero attached hydrogens (tertiary/aromatic N) is 1. The van der Waals surface area contributed by atoms with Crippen LogP contribution in [0.25, 0.3) is 0 Å². The Labute approximate surface area is 159 Å². The van der Waals surface area contributed by atoms with Crippen molar-refractivity contribution in [2.24, 2.45) is 0 Å². The van der Waals surface area contributed by atoms with E-state index in [4.69, 9.17) is 0 Å². The molecule has 1 aromatic rings. The molecule has 1 saturated heterocycles. The molecule has 7 nitrogen and oxygen atoms in total. The van der Waals surface area contributed by atoms with Gasteiger partial charge in [0.1, 0.15) is 11.3 Å². The predicted molar refractivity (Wildman–Crippen MR) is 92.4 cm³/mol. The summed E-state index contributed by atoms with van der Waals surface area (Å²) in [5.74, 6) is -0.979. The SMILES string of the molecule is O=C(CCCN1C(=O)NC2(CCCC2)C1=O)Nc1ccc(OC(F)(F)F)cc1. The average Bonchev–Trinajstić information content (AvgIpc) is 3.16. The maximum Gasteiger partial charge on any atom is 0.573 e. The number of carbonyl (C=O) groups is 3. The maximum absolute atomic E-state index is 12.5. The van der Waals surface area contributed by atoms with Crippen LogP contribution in [0.4, 0.5) is 23.7 Å². The van der Waals surface area contributed by atoms with Crippen molar-refractivity contribution in [3.8, 4) is 5.75 Å². The molecular weight excluding hydrogens is 379 g/mol. The minimum atomic E-state index is -4.78. The van der Waals surface area contributed by atoms with Crippen molar-refractivity contribution in [1.82, 2.24) is 10.2 Å². The van der Waals surface area contributed by atoms with Gasteiger partial charge < -0.3 is 15.4 Å². The van der Waals surface area contributed by atoms with Gasteiger partial charge in [-0.15, -0.1) is 13.2 Å². The summed E-state index contributed by atoms with van der Waals surface area (Å²) in [5, 5.41) is 5.32. The number of alkyl halides is 3. The van der Waals surface area contributed by atoms with Gasteiger partial charge in [0.25, 0.3) is 5.91 Å². The first kappa shape index (κ1) is 20.0. The number of ether oxygens (including phenoxy) is 1. The fourth-order valence-corrected chi connectivity index (χ4v) is 3.56. The molecule has 2 N–H and O–H groups in total. The van der Waals surface area contributed by atoms with E-state index in [0.29, 0.717) is 18.5 Å². The van der Waals surface area contributed by atoms with Gasteiger partial charge in [0, 0.05) is 18.7 Å². The van der Waals surface area contributed by atoms with Gasteiger partial charge in [0.05, 0.1) is 0 Å². The monoisotopic (exact) mass is 399 g/mol. The van der Waals surface area contributed by atoms with Crippen molar-refractivity contribution in [3.05, 3.63) is 24.3 Å². The predicted octanol–water partition coefficient (Wildman–Crippen LogP) is 3.17. The second kappa shape index (κ2) is 7.69. The first-order valence-corrected chi connectivity index (χ1v) is 8.98. The second-order valence-electron chi connectivity index (χ2n) is 6.90. The van der Waals surface area contributed by atoms with Gasteiger partial charge in [-0.05, 0) is 43.5 Å². The zero-order valence-corrected chi connectivity index (χ0v) is 15.0. The lowest BCUT2D eigenvalue weighted by Gasteiger charge is -2.19. The van der Waals surface area contributed by atoms with Crippen LogP contribution in [-0.2, 0) is 9.59 Å². The van der Waals surface area contributed by atoms with E-state index in [1.165, 1.54) is 12.1 Å². The van der Waals surface area contributed by atoms with E-state index in [1.807, 2.05) is 0 Å². The number of amides is 4. The Morgan fingerprint density at radius 3 is 2.43 bits per heavy atom. The van der Waals surface area contributed by atoms with Gasteiger partial charge in [0.15, 0.2) is 0 Å². The van der Waals surface area contributed by atoms with Crippen LogP contribution >= 0.6 is 0 Å². The average molecular weight is 399 g/mol. The second-order valence-corrected chi connectivity index (χ2v) is 6.90. The van der Waals surface area contributed by atoms with Crippen molar-refractivity contribution in [2.45, 2.75) is 50.4 Å². The van der Waals surface area contributed by atoms with E-state index in [2.05, 4.69) is 15.4 Å². The normalized spacial score (nSPS) is 18.5. The number of benzene rings is 1. The van der Waals surface area contributed by atoms with Gasteiger partial charge in [-0.3, -0.25) is 14.5 Å². The number of halogens is 3. The number of rotatable bonds is 6. The molecule has 1 aromatic carbocycles. The van der Waals surface area contributed by atoms with Gasteiger partial charge in [-0.1, -0.05) is 12.8 Å². The molecule has 1 aliphatic carbocycles. The Morgan fingerprint density at radius 1 is 1.18 bits per heavy atom. The van der Waals surface area contributed by atoms with Crippen LogP contribution < -0.4 is 15.4 Å². The number of urea groups is 1. The topological polar surface area (TPSA) is 87.7 Å². The fraction of sp³-hybridized carbons (Fsp3) is 0.500. The molecule has 3 rings (SSSR count). The van der Waals surface area contributed by atoms with Crippen molar-refractivity contribution >= 4 is 23.5 Å². The van der Waals surface area contributed by atoms with Gasteiger partial charge in [-0.25, -0.2) is 4.79 Å². The lowest BCUT2D eigenvalue weighted by molar-refractivity contribution is -0.274. The highest BCUT2D eigenvalue weighted by molar-refractivity contribution is 6.07. The molecule has 2 aliphatic rings. The third-order valence-electron chi connectivity index (χ3n) is 4.86. The molecule has 10 heteroatoms. The van der Waals surface area contributed by atoms with Crippen LogP contribution in [0.5, 0.6) is 5.75 Å². The van der Waals surface area contributed by atoms with Crippen LogP contribution in [0.1, 0.15) is 38.5 Å². The van der Waals surface area contributed by atoms with Crippen LogP contribution in [0.2, 0.25) is 0 Å².